The normalized spacial score (nSPS) is 19.1. The first kappa shape index (κ1) is 15.7. The number of hydrogen-bond acceptors (Lipinski definition) is 5. The summed E-state index contributed by atoms with van der Waals surface area (Å²) in [5.74, 6) is 1.53. The highest BCUT2D eigenvalue weighted by Crippen LogP contribution is 2.25. The van der Waals surface area contributed by atoms with Gasteiger partial charge in [-0.15, -0.1) is 0 Å². The molecule has 2 aromatic rings. The van der Waals surface area contributed by atoms with E-state index >= 15 is 0 Å². The summed E-state index contributed by atoms with van der Waals surface area (Å²) >= 11 is 0. The van der Waals surface area contributed by atoms with Crippen molar-refractivity contribution in [1.29, 1.82) is 0 Å². The lowest BCUT2D eigenvalue weighted by atomic mass is 9.99. The molecule has 6 heteroatoms. The van der Waals surface area contributed by atoms with Gasteiger partial charge >= 0.3 is 0 Å². The van der Waals surface area contributed by atoms with Crippen molar-refractivity contribution in [1.82, 2.24) is 20.0 Å². The van der Waals surface area contributed by atoms with E-state index in [1.165, 1.54) is 12.8 Å². The van der Waals surface area contributed by atoms with Crippen LogP contribution in [-0.4, -0.2) is 46.6 Å². The van der Waals surface area contributed by atoms with E-state index in [2.05, 4.69) is 32.0 Å². The van der Waals surface area contributed by atoms with Gasteiger partial charge in [-0.05, 0) is 31.4 Å². The lowest BCUT2D eigenvalue weighted by Gasteiger charge is -2.38. The summed E-state index contributed by atoms with van der Waals surface area (Å²) in [6.45, 7) is 6.82. The van der Waals surface area contributed by atoms with Gasteiger partial charge in [0.05, 0.1) is 5.39 Å². The molecule has 0 amide bonds. The Kier molecular flexibility index (Phi) is 5.52. The molecular weight excluding hydrogens is 264 g/mol. The van der Waals surface area contributed by atoms with Crippen molar-refractivity contribution in [3.05, 3.63) is 18.6 Å². The van der Waals surface area contributed by atoms with Gasteiger partial charge in [0.15, 0.2) is 5.82 Å². The van der Waals surface area contributed by atoms with Gasteiger partial charge in [-0.3, -0.25) is 5.01 Å². The summed E-state index contributed by atoms with van der Waals surface area (Å²) in [5, 5.41) is 5.52. The van der Waals surface area contributed by atoms with Gasteiger partial charge in [0.1, 0.15) is 12.0 Å². The molecule has 0 aromatic carbocycles. The Labute approximate surface area is 126 Å². The van der Waals surface area contributed by atoms with Crippen molar-refractivity contribution in [2.75, 3.05) is 31.7 Å². The molecule has 1 aliphatic heterocycles. The Morgan fingerprint density at radius 2 is 2.24 bits per heavy atom. The van der Waals surface area contributed by atoms with E-state index in [4.69, 9.17) is 5.73 Å². The first-order chi connectivity index (χ1) is 10.3. The highest BCUT2D eigenvalue weighted by Gasteiger charge is 2.23. The van der Waals surface area contributed by atoms with Crippen LogP contribution in [0.2, 0.25) is 0 Å². The van der Waals surface area contributed by atoms with Gasteiger partial charge in [0.25, 0.3) is 0 Å². The molecule has 1 fully saturated rings. The van der Waals surface area contributed by atoms with E-state index in [0.717, 1.165) is 36.5 Å². The molecule has 0 saturated carbocycles. The number of fused-ring (bicyclic) bond motifs is 1. The smallest absolute Gasteiger partial charge is 0.155 e. The number of nitrogens with two attached hydrogens (primary N) is 1. The highest BCUT2D eigenvalue weighted by atomic mass is 15.6. The minimum atomic E-state index is 0.583. The van der Waals surface area contributed by atoms with Crippen molar-refractivity contribution in [2.45, 2.75) is 26.7 Å². The van der Waals surface area contributed by atoms with Crippen LogP contribution in [0, 0.1) is 5.92 Å². The zero-order chi connectivity index (χ0) is 15.2. The fraction of sp³-hybridized carbons (Fsp3) is 0.600. The molecule has 0 aliphatic carbocycles. The molecule has 0 bridgehead atoms. The maximum Gasteiger partial charge on any atom is 0.155 e. The number of anilines is 1. The summed E-state index contributed by atoms with van der Waals surface area (Å²) in [6, 6.07) is 2.02. The van der Waals surface area contributed by atoms with Crippen molar-refractivity contribution in [3.8, 4) is 0 Å². The SMILES string of the molecule is CC.CN(c1ncnc2[nH]ccc12)N1CCCC(CN)C1. The average Bonchev–Trinajstić information content (AvgIpc) is 3.04. The van der Waals surface area contributed by atoms with Crippen LogP contribution in [0.4, 0.5) is 5.82 Å². The largest absolute Gasteiger partial charge is 0.346 e. The van der Waals surface area contributed by atoms with Crippen LogP contribution < -0.4 is 10.7 Å². The van der Waals surface area contributed by atoms with E-state index in [9.17, 15) is 0 Å². The molecule has 116 valence electrons. The average molecular weight is 290 g/mol. The maximum absolute atomic E-state index is 5.80. The Balaban J connectivity index is 0.000000774. The van der Waals surface area contributed by atoms with E-state index in [1.807, 2.05) is 26.1 Å². The van der Waals surface area contributed by atoms with E-state index in [1.54, 1.807) is 6.33 Å². The molecule has 1 saturated heterocycles. The second-order valence-electron chi connectivity index (χ2n) is 5.12. The summed E-state index contributed by atoms with van der Waals surface area (Å²) in [4.78, 5) is 11.8. The number of nitrogens with zero attached hydrogens (tertiary/aromatic N) is 4. The van der Waals surface area contributed by atoms with E-state index in [0.29, 0.717) is 5.92 Å². The summed E-state index contributed by atoms with van der Waals surface area (Å²) in [7, 11) is 2.06. The molecule has 0 spiro atoms. The van der Waals surface area contributed by atoms with Gasteiger partial charge in [-0.2, -0.15) is 0 Å². The van der Waals surface area contributed by atoms with Crippen LogP contribution in [0.3, 0.4) is 0 Å². The van der Waals surface area contributed by atoms with Crippen molar-refractivity contribution in [2.24, 2.45) is 11.7 Å². The van der Waals surface area contributed by atoms with Crippen LogP contribution >= 0.6 is 0 Å². The van der Waals surface area contributed by atoms with Crippen molar-refractivity contribution >= 4 is 16.9 Å². The third kappa shape index (κ3) is 3.33. The van der Waals surface area contributed by atoms with Crippen LogP contribution in [0.25, 0.3) is 11.0 Å². The van der Waals surface area contributed by atoms with Crippen LogP contribution in [-0.2, 0) is 0 Å². The molecule has 3 heterocycles. The first-order valence-corrected chi connectivity index (χ1v) is 7.76. The van der Waals surface area contributed by atoms with Gasteiger partial charge in [0.2, 0.25) is 0 Å². The Morgan fingerprint density at radius 1 is 1.43 bits per heavy atom. The summed E-state index contributed by atoms with van der Waals surface area (Å²) in [6.07, 6.45) is 5.92. The molecule has 1 unspecified atom stereocenters. The molecule has 6 nitrogen and oxygen atoms in total. The fourth-order valence-electron chi connectivity index (χ4n) is 2.76. The Bertz CT molecular complexity index is 552. The third-order valence-corrected chi connectivity index (χ3v) is 3.89. The second-order valence-corrected chi connectivity index (χ2v) is 5.12. The van der Waals surface area contributed by atoms with Gasteiger partial charge in [-0.25, -0.2) is 15.0 Å². The predicted molar refractivity (Wildman–Crippen MR) is 87.0 cm³/mol. The number of hydrazine groups is 1. The van der Waals surface area contributed by atoms with Gasteiger partial charge in [0, 0.05) is 26.3 Å². The van der Waals surface area contributed by atoms with E-state index in [-0.39, 0.29) is 0 Å². The minimum Gasteiger partial charge on any atom is -0.346 e. The molecule has 21 heavy (non-hydrogen) atoms. The molecule has 3 N–H and O–H groups in total. The number of aromatic nitrogens is 3. The molecule has 0 radical (unpaired) electrons. The Hall–Kier alpha value is -1.66. The standard InChI is InChI=1S/C13H20N6.C2H6/c1-18(19-6-2-3-10(7-14)8-19)13-11-4-5-15-12(11)16-9-17-13;1-2/h4-5,9-10H,2-3,6-8,14H2,1H3,(H,15,16,17);1-2H3. The number of aromatic amines is 1. The fourth-order valence-corrected chi connectivity index (χ4v) is 2.76. The first-order valence-electron chi connectivity index (χ1n) is 7.76. The highest BCUT2D eigenvalue weighted by molar-refractivity contribution is 5.86. The number of rotatable bonds is 3. The molecule has 1 aliphatic rings. The van der Waals surface area contributed by atoms with E-state index < -0.39 is 0 Å². The number of piperidine rings is 1. The number of hydrogen-bond donors (Lipinski definition) is 2. The molecular formula is C15H26N6. The maximum atomic E-state index is 5.80. The second kappa shape index (κ2) is 7.38. The summed E-state index contributed by atoms with van der Waals surface area (Å²) < 4.78 is 0. The van der Waals surface area contributed by atoms with Gasteiger partial charge < -0.3 is 10.7 Å². The van der Waals surface area contributed by atoms with Crippen molar-refractivity contribution in [3.63, 3.8) is 0 Å². The predicted octanol–water partition coefficient (Wildman–Crippen LogP) is 2.01. The third-order valence-electron chi connectivity index (χ3n) is 3.89. The molecule has 2 aromatic heterocycles. The lowest BCUT2D eigenvalue weighted by molar-refractivity contribution is 0.170. The molecule has 1 atom stereocenters. The lowest BCUT2D eigenvalue weighted by Crippen LogP contribution is -2.48. The van der Waals surface area contributed by atoms with Crippen LogP contribution in [0.15, 0.2) is 18.6 Å². The quantitative estimate of drug-likeness (QED) is 0.904. The van der Waals surface area contributed by atoms with Gasteiger partial charge in [-0.1, -0.05) is 13.8 Å². The summed E-state index contributed by atoms with van der Waals surface area (Å²) in [5.41, 5.74) is 6.68. The Morgan fingerprint density at radius 3 is 3.00 bits per heavy atom. The minimum absolute atomic E-state index is 0.583. The van der Waals surface area contributed by atoms with Crippen LogP contribution in [0.5, 0.6) is 0 Å². The topological polar surface area (TPSA) is 74.1 Å². The monoisotopic (exact) mass is 290 g/mol. The zero-order valence-corrected chi connectivity index (χ0v) is 13.2. The number of H-pyrrole nitrogens is 1. The molecule has 3 rings (SSSR count). The zero-order valence-electron chi connectivity index (χ0n) is 13.2. The van der Waals surface area contributed by atoms with Crippen LogP contribution in [0.1, 0.15) is 26.7 Å². The van der Waals surface area contributed by atoms with Crippen molar-refractivity contribution < 1.29 is 0 Å². The number of nitrogens with one attached hydrogen (secondary N) is 1.